The highest BCUT2D eigenvalue weighted by Crippen LogP contribution is 2.38. The minimum atomic E-state index is -0.582. The molecule has 1 unspecified atom stereocenters. The summed E-state index contributed by atoms with van der Waals surface area (Å²) in [5, 5.41) is 11.5. The van der Waals surface area contributed by atoms with Gasteiger partial charge in [0.25, 0.3) is 0 Å². The van der Waals surface area contributed by atoms with Crippen LogP contribution < -0.4 is 4.74 Å². The van der Waals surface area contributed by atoms with Crippen LogP contribution in [0.4, 0.5) is 0 Å². The predicted molar refractivity (Wildman–Crippen MR) is 109 cm³/mol. The van der Waals surface area contributed by atoms with E-state index < -0.39 is 10.9 Å². The van der Waals surface area contributed by atoms with Crippen molar-refractivity contribution in [3.05, 3.63) is 64.3 Å². The molecule has 2 heterocycles. The molecular weight excluding hydrogens is 354 g/mol. The van der Waals surface area contributed by atoms with E-state index in [0.717, 1.165) is 38.2 Å². The molecule has 0 radical (unpaired) electrons. The summed E-state index contributed by atoms with van der Waals surface area (Å²) in [4.78, 5) is 3.49. The van der Waals surface area contributed by atoms with E-state index in [4.69, 9.17) is 16.3 Å². The average Bonchev–Trinajstić information content (AvgIpc) is 3.20. The summed E-state index contributed by atoms with van der Waals surface area (Å²) in [6.45, 7) is 2.10. The highest BCUT2D eigenvalue weighted by molar-refractivity contribution is 8.40. The van der Waals surface area contributed by atoms with Gasteiger partial charge >= 0.3 is 0 Å². The van der Waals surface area contributed by atoms with Crippen molar-refractivity contribution >= 4 is 44.0 Å². The third-order valence-corrected chi connectivity index (χ3v) is 6.55. The lowest BCUT2D eigenvalue weighted by atomic mass is 10.1. The van der Waals surface area contributed by atoms with Crippen molar-refractivity contribution in [2.45, 2.75) is 12.7 Å². The molecule has 1 aromatic heterocycles. The summed E-state index contributed by atoms with van der Waals surface area (Å²) in [6, 6.07) is 14.1. The van der Waals surface area contributed by atoms with Gasteiger partial charge in [0.05, 0.1) is 18.4 Å². The van der Waals surface area contributed by atoms with Gasteiger partial charge < -0.3 is 9.72 Å². The molecule has 0 spiro atoms. The van der Waals surface area contributed by atoms with Gasteiger partial charge in [-0.05, 0) is 48.4 Å². The SMILES string of the molecule is COc1ccc(C[SH]2C=NN=C2c2[nH]c3ccc(Cl)cc3c2C)cc1. The number of hydrogen-bond acceptors (Lipinski definition) is 3. The number of aromatic amines is 1. The van der Waals surface area contributed by atoms with Crippen molar-refractivity contribution in [2.75, 3.05) is 7.11 Å². The Bertz CT molecular complexity index is 992. The lowest BCUT2D eigenvalue weighted by Crippen LogP contribution is -2.04. The summed E-state index contributed by atoms with van der Waals surface area (Å²) in [6.07, 6.45) is 0. The van der Waals surface area contributed by atoms with E-state index in [0.29, 0.717) is 0 Å². The van der Waals surface area contributed by atoms with Crippen LogP contribution in [0.15, 0.2) is 52.7 Å². The Morgan fingerprint density at radius 3 is 2.72 bits per heavy atom. The largest absolute Gasteiger partial charge is 0.497 e. The zero-order valence-corrected chi connectivity index (χ0v) is 15.6. The molecule has 4 nitrogen and oxygen atoms in total. The second-order valence-corrected chi connectivity index (χ2v) is 8.29. The molecule has 1 N–H and O–H groups in total. The zero-order chi connectivity index (χ0) is 17.4. The number of rotatable bonds is 4. The van der Waals surface area contributed by atoms with E-state index >= 15 is 0 Å². The molecule has 0 fully saturated rings. The Hall–Kier alpha value is -2.24. The molecule has 0 bridgehead atoms. The van der Waals surface area contributed by atoms with Gasteiger partial charge in [-0.2, -0.15) is 16.0 Å². The summed E-state index contributed by atoms with van der Waals surface area (Å²) >= 11 is 6.15. The molecule has 4 rings (SSSR count). The molecule has 6 heteroatoms. The molecular formula is C19H18ClN3OS. The minimum absolute atomic E-state index is 0.582. The van der Waals surface area contributed by atoms with Gasteiger partial charge in [-0.15, -0.1) is 5.10 Å². The van der Waals surface area contributed by atoms with Crippen molar-refractivity contribution in [2.24, 2.45) is 10.2 Å². The van der Waals surface area contributed by atoms with Crippen molar-refractivity contribution in [1.29, 1.82) is 0 Å². The van der Waals surface area contributed by atoms with Gasteiger partial charge in [0.1, 0.15) is 10.8 Å². The zero-order valence-electron chi connectivity index (χ0n) is 14.0. The Labute approximate surface area is 153 Å². The number of nitrogens with one attached hydrogen (secondary N) is 1. The van der Waals surface area contributed by atoms with Crippen molar-refractivity contribution in [1.82, 2.24) is 4.98 Å². The predicted octanol–water partition coefficient (Wildman–Crippen LogP) is 5.04. The maximum Gasteiger partial charge on any atom is 0.128 e. The number of thiol groups is 1. The van der Waals surface area contributed by atoms with Crippen molar-refractivity contribution in [3.8, 4) is 5.75 Å². The highest BCUT2D eigenvalue weighted by atomic mass is 35.5. The Morgan fingerprint density at radius 2 is 1.96 bits per heavy atom. The molecule has 0 saturated heterocycles. The van der Waals surface area contributed by atoms with Crippen LogP contribution in [0.5, 0.6) is 5.75 Å². The number of methoxy groups -OCH3 is 1. The van der Waals surface area contributed by atoms with Gasteiger partial charge in [-0.1, -0.05) is 23.7 Å². The first-order chi connectivity index (χ1) is 12.2. The topological polar surface area (TPSA) is 49.7 Å². The normalized spacial score (nSPS) is 17.9. The monoisotopic (exact) mass is 371 g/mol. The number of ether oxygens (including phenoxy) is 1. The van der Waals surface area contributed by atoms with Gasteiger partial charge in [-0.3, -0.25) is 0 Å². The number of nitrogens with zero attached hydrogens (tertiary/aromatic N) is 2. The molecule has 1 atom stereocenters. The van der Waals surface area contributed by atoms with Crippen LogP contribution in [-0.2, 0) is 5.75 Å². The second-order valence-electron chi connectivity index (χ2n) is 5.95. The fourth-order valence-corrected chi connectivity index (χ4v) is 4.99. The first-order valence-electron chi connectivity index (χ1n) is 7.94. The third kappa shape index (κ3) is 3.05. The van der Waals surface area contributed by atoms with Crippen LogP contribution in [0.25, 0.3) is 10.9 Å². The van der Waals surface area contributed by atoms with Crippen LogP contribution in [-0.4, -0.2) is 22.7 Å². The summed E-state index contributed by atoms with van der Waals surface area (Å²) in [5.74, 6) is 1.78. The third-order valence-electron chi connectivity index (χ3n) is 4.37. The van der Waals surface area contributed by atoms with Gasteiger partial charge in [0.2, 0.25) is 0 Å². The average molecular weight is 372 g/mol. The summed E-state index contributed by atoms with van der Waals surface area (Å²) in [5.41, 5.74) is 6.54. The molecule has 3 aromatic rings. The molecule has 0 saturated carbocycles. The molecule has 1 aliphatic rings. The first-order valence-corrected chi connectivity index (χ1v) is 9.92. The van der Waals surface area contributed by atoms with E-state index in [2.05, 4.69) is 34.2 Å². The standard InChI is InChI=1S/C19H18ClN3OS/c1-12-16-9-14(20)5-8-17(16)22-18(12)19-23-21-11-25(19)10-13-3-6-15(24-2)7-4-13/h3-9,11,22,25H,10H2,1-2H3. The number of hydrogen-bond donors (Lipinski definition) is 2. The fraction of sp³-hybridized carbons (Fsp3) is 0.158. The van der Waals surface area contributed by atoms with Crippen LogP contribution >= 0.6 is 22.5 Å². The molecule has 1 aliphatic heterocycles. The maximum absolute atomic E-state index is 6.15. The molecule has 128 valence electrons. The number of fused-ring (bicyclic) bond motifs is 1. The Kier molecular flexibility index (Phi) is 4.27. The van der Waals surface area contributed by atoms with Gasteiger partial charge in [-0.25, -0.2) is 0 Å². The number of halogens is 1. The first kappa shape index (κ1) is 16.2. The van der Waals surface area contributed by atoms with Crippen molar-refractivity contribution in [3.63, 3.8) is 0 Å². The second kappa shape index (κ2) is 6.58. The summed E-state index contributed by atoms with van der Waals surface area (Å²) < 4.78 is 5.23. The van der Waals surface area contributed by atoms with Crippen molar-refractivity contribution < 1.29 is 4.74 Å². The highest BCUT2D eigenvalue weighted by Gasteiger charge is 2.22. The molecule has 0 amide bonds. The van der Waals surface area contributed by atoms with Gasteiger partial charge in [0.15, 0.2) is 0 Å². The van der Waals surface area contributed by atoms with E-state index in [-0.39, 0.29) is 0 Å². The van der Waals surface area contributed by atoms with Gasteiger partial charge in [0, 0.05) is 21.7 Å². The molecule has 25 heavy (non-hydrogen) atoms. The van der Waals surface area contributed by atoms with E-state index in [1.165, 1.54) is 11.1 Å². The summed E-state index contributed by atoms with van der Waals surface area (Å²) in [7, 11) is 1.10. The smallest absolute Gasteiger partial charge is 0.128 e. The van der Waals surface area contributed by atoms with E-state index in [1.54, 1.807) is 7.11 Å². The Morgan fingerprint density at radius 1 is 1.16 bits per heavy atom. The lowest BCUT2D eigenvalue weighted by molar-refractivity contribution is 0.414. The number of aryl methyl sites for hydroxylation is 1. The maximum atomic E-state index is 6.15. The minimum Gasteiger partial charge on any atom is -0.497 e. The van der Waals surface area contributed by atoms with Crippen LogP contribution in [0.1, 0.15) is 16.8 Å². The fourth-order valence-electron chi connectivity index (χ4n) is 3.01. The quantitative estimate of drug-likeness (QED) is 0.620. The number of benzene rings is 2. The van der Waals surface area contributed by atoms with Crippen LogP contribution in [0.2, 0.25) is 5.02 Å². The van der Waals surface area contributed by atoms with Crippen LogP contribution in [0.3, 0.4) is 0 Å². The number of H-pyrrole nitrogens is 1. The Balaban J connectivity index is 1.64. The van der Waals surface area contributed by atoms with E-state index in [1.807, 2.05) is 35.9 Å². The van der Waals surface area contributed by atoms with Crippen LogP contribution in [0, 0.1) is 6.92 Å². The number of aromatic nitrogens is 1. The lowest BCUT2D eigenvalue weighted by Gasteiger charge is -2.15. The molecule has 2 aromatic carbocycles. The van der Waals surface area contributed by atoms with E-state index in [9.17, 15) is 0 Å². The molecule has 0 aliphatic carbocycles.